The summed E-state index contributed by atoms with van der Waals surface area (Å²) in [6.07, 6.45) is 3.36. The molecule has 2 heterocycles. The molecule has 5 N–H and O–H groups in total. The lowest BCUT2D eigenvalue weighted by Gasteiger charge is -2.15. The first kappa shape index (κ1) is 20.3. The summed E-state index contributed by atoms with van der Waals surface area (Å²) in [6.45, 7) is 1.77. The Morgan fingerprint density at radius 2 is 2.03 bits per heavy atom. The van der Waals surface area contributed by atoms with E-state index in [1.54, 1.807) is 37.5 Å². The second kappa shape index (κ2) is 8.43. The lowest BCUT2D eigenvalue weighted by atomic mass is 10.1. The third kappa shape index (κ3) is 4.80. The molecular weight excluding hydrogens is 414 g/mol. The highest BCUT2D eigenvalue weighted by molar-refractivity contribution is 7.89. The van der Waals surface area contributed by atoms with Gasteiger partial charge in [-0.05, 0) is 42.8 Å². The van der Waals surface area contributed by atoms with Crippen molar-refractivity contribution in [2.75, 3.05) is 10.6 Å². The molecule has 0 saturated carbocycles. The Labute approximate surface area is 179 Å². The topological polar surface area (TPSA) is 139 Å². The van der Waals surface area contributed by atoms with Crippen LogP contribution in [0.4, 0.5) is 17.5 Å². The average molecular weight is 433 g/mol. The second-order valence-electron chi connectivity index (χ2n) is 6.65. The number of H-pyrrole nitrogens is 1. The summed E-state index contributed by atoms with van der Waals surface area (Å²) in [6, 6.07) is 13.5. The third-order valence-corrected chi connectivity index (χ3v) is 5.37. The molecule has 0 aliphatic rings. The van der Waals surface area contributed by atoms with Crippen LogP contribution in [0.15, 0.2) is 65.8 Å². The molecule has 4 rings (SSSR count). The van der Waals surface area contributed by atoms with Crippen LogP contribution in [0.3, 0.4) is 0 Å². The number of hydrogen-bond donors (Lipinski definition) is 4. The summed E-state index contributed by atoms with van der Waals surface area (Å²) in [5.41, 5.74) is 2.38. The molecule has 31 heavy (non-hydrogen) atoms. The molecule has 0 aliphatic carbocycles. The molecule has 1 atom stereocenters. The van der Waals surface area contributed by atoms with E-state index < -0.39 is 10.0 Å². The van der Waals surface area contributed by atoms with Gasteiger partial charge in [-0.15, -0.1) is 5.92 Å². The zero-order valence-electron chi connectivity index (χ0n) is 16.5. The van der Waals surface area contributed by atoms with Gasteiger partial charge in [0.1, 0.15) is 11.9 Å². The van der Waals surface area contributed by atoms with E-state index in [1.807, 2.05) is 18.2 Å². The minimum atomic E-state index is -3.81. The van der Waals surface area contributed by atoms with Crippen molar-refractivity contribution in [1.82, 2.24) is 20.2 Å². The van der Waals surface area contributed by atoms with Crippen LogP contribution in [0.2, 0.25) is 0 Å². The number of primary sulfonamides is 1. The van der Waals surface area contributed by atoms with Crippen LogP contribution < -0.4 is 15.8 Å². The van der Waals surface area contributed by atoms with Gasteiger partial charge >= 0.3 is 0 Å². The van der Waals surface area contributed by atoms with Gasteiger partial charge < -0.3 is 10.6 Å². The molecule has 4 aromatic rings. The molecule has 0 unspecified atom stereocenters. The van der Waals surface area contributed by atoms with Gasteiger partial charge in [-0.2, -0.15) is 10.1 Å². The standard InChI is InChI=1S/C21H19N7O2S/c1-2-4-18(14-7-8-15-13-24-28-19(15)11-14)26-20-9-10-23-21(27-20)25-16-5-3-6-17(12-16)31(22,29)30/h3,5-13,18H,1H3,(H,24,28)(H2,22,29,30)(H2,23,25,26,27)/t18-/m0/s1. The second-order valence-corrected chi connectivity index (χ2v) is 8.21. The maximum absolute atomic E-state index is 11.6. The quantitative estimate of drug-likeness (QED) is 0.343. The van der Waals surface area contributed by atoms with E-state index in [0.29, 0.717) is 17.5 Å². The van der Waals surface area contributed by atoms with E-state index >= 15 is 0 Å². The van der Waals surface area contributed by atoms with E-state index in [1.165, 1.54) is 12.1 Å². The summed E-state index contributed by atoms with van der Waals surface area (Å²) in [7, 11) is -3.81. The van der Waals surface area contributed by atoms with Gasteiger partial charge in [0.15, 0.2) is 0 Å². The molecule has 10 heteroatoms. The Hall–Kier alpha value is -3.94. The third-order valence-electron chi connectivity index (χ3n) is 4.45. The van der Waals surface area contributed by atoms with Crippen LogP contribution in [0.5, 0.6) is 0 Å². The van der Waals surface area contributed by atoms with Crippen LogP contribution in [-0.4, -0.2) is 28.6 Å². The summed E-state index contributed by atoms with van der Waals surface area (Å²) < 4.78 is 23.1. The Kier molecular flexibility index (Phi) is 5.53. The molecular formula is C21H19N7O2S. The van der Waals surface area contributed by atoms with E-state index in [2.05, 4.69) is 42.6 Å². The molecule has 0 fully saturated rings. The SMILES string of the molecule is CC#C[C@H](Nc1ccnc(Nc2cccc(S(N)(=O)=O)c2)n1)c1ccc2cn[nH]c2c1. The fourth-order valence-electron chi connectivity index (χ4n) is 3.01. The van der Waals surface area contributed by atoms with Crippen molar-refractivity contribution in [3.05, 3.63) is 66.5 Å². The minimum Gasteiger partial charge on any atom is -0.352 e. The molecule has 9 nitrogen and oxygen atoms in total. The fourth-order valence-corrected chi connectivity index (χ4v) is 3.57. The maximum Gasteiger partial charge on any atom is 0.238 e. The molecule has 2 aromatic heterocycles. The van der Waals surface area contributed by atoms with Crippen molar-refractivity contribution >= 4 is 38.4 Å². The molecule has 156 valence electrons. The van der Waals surface area contributed by atoms with Crippen molar-refractivity contribution in [2.45, 2.75) is 17.9 Å². The van der Waals surface area contributed by atoms with Gasteiger partial charge in [-0.3, -0.25) is 5.10 Å². The lowest BCUT2D eigenvalue weighted by Crippen LogP contribution is -2.12. The molecule has 0 amide bonds. The lowest BCUT2D eigenvalue weighted by molar-refractivity contribution is 0.598. The highest BCUT2D eigenvalue weighted by atomic mass is 32.2. The Morgan fingerprint density at radius 1 is 1.16 bits per heavy atom. The van der Waals surface area contributed by atoms with Crippen LogP contribution in [0.25, 0.3) is 10.9 Å². The summed E-state index contributed by atoms with van der Waals surface area (Å²) >= 11 is 0. The zero-order valence-corrected chi connectivity index (χ0v) is 17.3. The summed E-state index contributed by atoms with van der Waals surface area (Å²) in [4.78, 5) is 8.65. The number of rotatable bonds is 6. The van der Waals surface area contributed by atoms with Gasteiger partial charge in [0.25, 0.3) is 0 Å². The van der Waals surface area contributed by atoms with Crippen LogP contribution >= 0.6 is 0 Å². The first-order valence-electron chi connectivity index (χ1n) is 9.27. The summed E-state index contributed by atoms with van der Waals surface area (Å²) in [5, 5.41) is 19.5. The molecule has 2 aromatic carbocycles. The molecule has 0 spiro atoms. The first-order chi connectivity index (χ1) is 14.9. The van der Waals surface area contributed by atoms with Crippen LogP contribution in [0.1, 0.15) is 18.5 Å². The van der Waals surface area contributed by atoms with Gasteiger partial charge in [0.05, 0.1) is 16.6 Å². The van der Waals surface area contributed by atoms with Gasteiger partial charge in [-0.1, -0.05) is 24.1 Å². The van der Waals surface area contributed by atoms with Gasteiger partial charge in [-0.25, -0.2) is 18.5 Å². The van der Waals surface area contributed by atoms with Crippen molar-refractivity contribution in [3.63, 3.8) is 0 Å². The van der Waals surface area contributed by atoms with E-state index in [9.17, 15) is 8.42 Å². The zero-order chi connectivity index (χ0) is 21.8. The number of fused-ring (bicyclic) bond motifs is 1. The van der Waals surface area contributed by atoms with E-state index in [0.717, 1.165) is 16.5 Å². The normalized spacial score (nSPS) is 12.1. The largest absolute Gasteiger partial charge is 0.352 e. The monoisotopic (exact) mass is 433 g/mol. The number of nitrogens with one attached hydrogen (secondary N) is 3. The van der Waals surface area contributed by atoms with E-state index in [-0.39, 0.29) is 10.9 Å². The Morgan fingerprint density at radius 3 is 2.84 bits per heavy atom. The number of aromatic nitrogens is 4. The first-order valence-corrected chi connectivity index (χ1v) is 10.8. The van der Waals surface area contributed by atoms with Crippen molar-refractivity contribution < 1.29 is 8.42 Å². The number of aromatic amines is 1. The van der Waals surface area contributed by atoms with Crippen molar-refractivity contribution in [3.8, 4) is 11.8 Å². The molecule has 0 saturated heterocycles. The smallest absolute Gasteiger partial charge is 0.238 e. The number of anilines is 3. The van der Waals surface area contributed by atoms with E-state index in [4.69, 9.17) is 5.14 Å². The number of nitrogens with zero attached hydrogens (tertiary/aromatic N) is 3. The van der Waals surface area contributed by atoms with Crippen molar-refractivity contribution in [2.24, 2.45) is 5.14 Å². The van der Waals surface area contributed by atoms with Crippen LogP contribution in [-0.2, 0) is 10.0 Å². The average Bonchev–Trinajstić information content (AvgIpc) is 3.21. The molecule has 0 bridgehead atoms. The highest BCUT2D eigenvalue weighted by Crippen LogP contribution is 2.23. The number of sulfonamides is 1. The van der Waals surface area contributed by atoms with Crippen molar-refractivity contribution in [1.29, 1.82) is 0 Å². The highest BCUT2D eigenvalue weighted by Gasteiger charge is 2.12. The Balaban J connectivity index is 1.57. The minimum absolute atomic E-state index is 0.000683. The van der Waals surface area contributed by atoms with Gasteiger partial charge in [0.2, 0.25) is 16.0 Å². The predicted molar refractivity (Wildman–Crippen MR) is 119 cm³/mol. The molecule has 0 aliphatic heterocycles. The number of benzene rings is 2. The predicted octanol–water partition coefficient (Wildman–Crippen LogP) is 2.92. The number of hydrogen-bond acceptors (Lipinski definition) is 7. The van der Waals surface area contributed by atoms with Gasteiger partial charge in [0, 0.05) is 17.3 Å². The maximum atomic E-state index is 11.6. The Bertz CT molecular complexity index is 1400. The van der Waals surface area contributed by atoms with Crippen LogP contribution in [0, 0.1) is 11.8 Å². The molecule has 0 radical (unpaired) electrons. The number of nitrogens with two attached hydrogens (primary N) is 1. The fraction of sp³-hybridized carbons (Fsp3) is 0.0952. The summed E-state index contributed by atoms with van der Waals surface area (Å²) in [5.74, 6) is 6.93.